The first-order valence-corrected chi connectivity index (χ1v) is 12.0. The lowest BCUT2D eigenvalue weighted by molar-refractivity contribution is 0.102. The van der Waals surface area contributed by atoms with Crippen LogP contribution in [0.1, 0.15) is 59.2 Å². The van der Waals surface area contributed by atoms with Crippen molar-refractivity contribution in [1.29, 1.82) is 0 Å². The summed E-state index contributed by atoms with van der Waals surface area (Å²) in [6, 6.07) is 7.13. The molecular formula is C24H29FN2O3S. The van der Waals surface area contributed by atoms with E-state index in [4.69, 9.17) is 0 Å². The Bertz CT molecular complexity index is 1100. The van der Waals surface area contributed by atoms with Crippen molar-refractivity contribution in [3.05, 3.63) is 70.1 Å². The van der Waals surface area contributed by atoms with E-state index in [0.29, 0.717) is 12.1 Å². The minimum atomic E-state index is -3.85. The third-order valence-corrected chi connectivity index (χ3v) is 6.99. The fraction of sp³-hybridized carbons (Fsp3) is 0.375. The van der Waals surface area contributed by atoms with E-state index in [1.165, 1.54) is 18.1 Å². The number of anilines is 1. The molecule has 5 nitrogen and oxygen atoms in total. The molecule has 0 aromatic heterocycles. The third kappa shape index (κ3) is 5.80. The smallest absolute Gasteiger partial charge is 0.258 e. The van der Waals surface area contributed by atoms with Gasteiger partial charge in [0.15, 0.2) is 0 Å². The Balaban J connectivity index is 1.76. The molecule has 0 bridgehead atoms. The number of nitrogens with one attached hydrogen (secondary N) is 2. The highest BCUT2D eigenvalue weighted by molar-refractivity contribution is 7.89. The molecule has 0 aliphatic heterocycles. The predicted octanol–water partition coefficient (Wildman–Crippen LogP) is 5.17. The highest BCUT2D eigenvalue weighted by atomic mass is 32.2. The molecule has 7 heteroatoms. The second-order valence-corrected chi connectivity index (χ2v) is 9.89. The second kappa shape index (κ2) is 9.75. The van der Waals surface area contributed by atoms with Crippen molar-refractivity contribution in [3.63, 3.8) is 0 Å². The maximum atomic E-state index is 14.4. The summed E-state index contributed by atoms with van der Waals surface area (Å²) in [6.07, 6.45) is 7.18. The molecule has 0 heterocycles. The van der Waals surface area contributed by atoms with Gasteiger partial charge in [0.25, 0.3) is 5.91 Å². The third-order valence-electron chi connectivity index (χ3n) is 5.53. The van der Waals surface area contributed by atoms with E-state index >= 15 is 0 Å². The average Bonchev–Trinajstić information content (AvgIpc) is 2.71. The lowest BCUT2D eigenvalue weighted by Crippen LogP contribution is -2.26. The quantitative estimate of drug-likeness (QED) is 0.579. The molecule has 0 fully saturated rings. The van der Waals surface area contributed by atoms with E-state index in [-0.39, 0.29) is 17.0 Å². The summed E-state index contributed by atoms with van der Waals surface area (Å²) in [6.45, 7) is 5.95. The van der Waals surface area contributed by atoms with Crippen molar-refractivity contribution in [2.24, 2.45) is 0 Å². The topological polar surface area (TPSA) is 75.3 Å². The van der Waals surface area contributed by atoms with Crippen LogP contribution in [0, 0.1) is 26.6 Å². The monoisotopic (exact) mass is 444 g/mol. The molecule has 2 N–H and O–H groups in total. The van der Waals surface area contributed by atoms with E-state index in [2.05, 4.69) is 16.1 Å². The molecule has 0 saturated heterocycles. The molecule has 1 amide bonds. The van der Waals surface area contributed by atoms with Crippen molar-refractivity contribution in [2.75, 3.05) is 11.9 Å². The van der Waals surface area contributed by atoms with Gasteiger partial charge in [0.05, 0.1) is 10.5 Å². The predicted molar refractivity (Wildman–Crippen MR) is 121 cm³/mol. The molecule has 31 heavy (non-hydrogen) atoms. The minimum absolute atomic E-state index is 0.131. The fourth-order valence-corrected chi connectivity index (χ4v) is 5.02. The molecule has 0 spiro atoms. The van der Waals surface area contributed by atoms with Gasteiger partial charge >= 0.3 is 0 Å². The number of halogens is 1. The van der Waals surface area contributed by atoms with Gasteiger partial charge < -0.3 is 5.32 Å². The van der Waals surface area contributed by atoms with Gasteiger partial charge in [-0.15, -0.1) is 0 Å². The molecule has 0 atom stereocenters. The summed E-state index contributed by atoms with van der Waals surface area (Å²) in [5, 5.41) is 2.73. The van der Waals surface area contributed by atoms with Gasteiger partial charge in [-0.3, -0.25) is 4.79 Å². The van der Waals surface area contributed by atoms with Crippen molar-refractivity contribution in [2.45, 2.75) is 57.8 Å². The van der Waals surface area contributed by atoms with Gasteiger partial charge in [0.2, 0.25) is 10.0 Å². The number of carbonyl (C=O) groups excluding carboxylic acids is 1. The number of amides is 1. The first-order chi connectivity index (χ1) is 14.7. The number of aryl methyl sites for hydroxylation is 3. The first-order valence-electron chi connectivity index (χ1n) is 10.5. The zero-order chi connectivity index (χ0) is 22.6. The summed E-state index contributed by atoms with van der Waals surface area (Å²) in [5.74, 6) is -1.46. The van der Waals surface area contributed by atoms with Crippen LogP contribution >= 0.6 is 0 Å². The van der Waals surface area contributed by atoms with E-state index in [1.807, 2.05) is 32.9 Å². The maximum absolute atomic E-state index is 14.4. The number of sulfonamides is 1. The molecule has 2 aromatic carbocycles. The van der Waals surface area contributed by atoms with Crippen LogP contribution in [0.4, 0.5) is 10.1 Å². The summed E-state index contributed by atoms with van der Waals surface area (Å²) < 4.78 is 42.3. The van der Waals surface area contributed by atoms with E-state index in [1.54, 1.807) is 0 Å². The van der Waals surface area contributed by atoms with Crippen LogP contribution < -0.4 is 10.0 Å². The van der Waals surface area contributed by atoms with Gasteiger partial charge in [-0.25, -0.2) is 17.5 Å². The largest absolute Gasteiger partial charge is 0.321 e. The lowest BCUT2D eigenvalue weighted by atomic mass is 9.97. The van der Waals surface area contributed by atoms with Crippen LogP contribution in [0.2, 0.25) is 0 Å². The number of carbonyl (C=O) groups is 1. The summed E-state index contributed by atoms with van der Waals surface area (Å²) in [7, 11) is -3.85. The molecule has 3 rings (SSSR count). The van der Waals surface area contributed by atoms with Crippen LogP contribution in [0.5, 0.6) is 0 Å². The Hall–Kier alpha value is -2.51. The van der Waals surface area contributed by atoms with Gasteiger partial charge in [-0.1, -0.05) is 29.3 Å². The molecule has 1 aliphatic rings. The van der Waals surface area contributed by atoms with Gasteiger partial charge in [0, 0.05) is 12.2 Å². The summed E-state index contributed by atoms with van der Waals surface area (Å²) in [4.78, 5) is 12.6. The Morgan fingerprint density at radius 2 is 1.77 bits per heavy atom. The normalized spacial score (nSPS) is 14.3. The minimum Gasteiger partial charge on any atom is -0.321 e. The molecule has 0 radical (unpaired) electrons. The van der Waals surface area contributed by atoms with Gasteiger partial charge in [0.1, 0.15) is 5.82 Å². The van der Waals surface area contributed by atoms with E-state index < -0.39 is 21.7 Å². The molecular weight excluding hydrogens is 415 g/mol. The highest BCUT2D eigenvalue weighted by Gasteiger charge is 2.20. The Morgan fingerprint density at radius 1 is 1.06 bits per heavy atom. The molecule has 166 valence electrons. The average molecular weight is 445 g/mol. The fourth-order valence-electron chi connectivity index (χ4n) is 3.96. The zero-order valence-electron chi connectivity index (χ0n) is 18.2. The molecule has 1 aliphatic carbocycles. The highest BCUT2D eigenvalue weighted by Crippen LogP contribution is 2.24. The zero-order valence-corrected chi connectivity index (χ0v) is 19.0. The SMILES string of the molecule is Cc1cc(C)c(NC(=O)c2cc(S(=O)(=O)NCCC3=CCCCC3)ccc2F)c(C)c1. The lowest BCUT2D eigenvalue weighted by Gasteiger charge is -2.15. The Morgan fingerprint density at radius 3 is 2.42 bits per heavy atom. The van der Waals surface area contributed by atoms with Crippen molar-refractivity contribution < 1.29 is 17.6 Å². The van der Waals surface area contributed by atoms with Crippen molar-refractivity contribution in [1.82, 2.24) is 4.72 Å². The Kier molecular flexibility index (Phi) is 7.28. The Labute approximate surface area is 183 Å². The molecule has 2 aromatic rings. The van der Waals surface area contributed by atoms with Crippen LogP contribution in [0.25, 0.3) is 0 Å². The number of allylic oxidation sites excluding steroid dienone is 1. The van der Waals surface area contributed by atoms with Crippen LogP contribution in [-0.2, 0) is 10.0 Å². The summed E-state index contributed by atoms with van der Waals surface area (Å²) in [5.41, 5.74) is 4.32. The van der Waals surface area contributed by atoms with E-state index in [0.717, 1.165) is 48.1 Å². The standard InChI is InChI=1S/C24H29FN2O3S/c1-16-13-17(2)23(18(3)14-16)27-24(28)21-15-20(9-10-22(21)25)31(29,30)26-12-11-19-7-5-4-6-8-19/h7,9-10,13-15,26H,4-6,8,11-12H2,1-3H3,(H,27,28). The molecule has 0 unspecified atom stereocenters. The van der Waals surface area contributed by atoms with E-state index in [9.17, 15) is 17.6 Å². The number of benzene rings is 2. The number of rotatable bonds is 7. The van der Waals surface area contributed by atoms with Crippen molar-refractivity contribution >= 4 is 21.6 Å². The van der Waals surface area contributed by atoms with Crippen LogP contribution in [-0.4, -0.2) is 20.9 Å². The first kappa shape index (κ1) is 23.2. The van der Waals surface area contributed by atoms with Gasteiger partial charge in [-0.2, -0.15) is 0 Å². The van der Waals surface area contributed by atoms with Crippen molar-refractivity contribution in [3.8, 4) is 0 Å². The van der Waals surface area contributed by atoms with Crippen LogP contribution in [0.3, 0.4) is 0 Å². The summed E-state index contributed by atoms with van der Waals surface area (Å²) >= 11 is 0. The second-order valence-electron chi connectivity index (χ2n) is 8.13. The maximum Gasteiger partial charge on any atom is 0.258 e. The van der Waals surface area contributed by atoms with Crippen LogP contribution in [0.15, 0.2) is 46.9 Å². The van der Waals surface area contributed by atoms with Gasteiger partial charge in [-0.05, 0) is 82.2 Å². The number of hydrogen-bond donors (Lipinski definition) is 2. The number of hydrogen-bond acceptors (Lipinski definition) is 3. The molecule has 0 saturated carbocycles.